The van der Waals surface area contributed by atoms with Gasteiger partial charge in [-0.05, 0) is 67.9 Å². The van der Waals surface area contributed by atoms with Crippen LogP contribution < -0.4 is 10.2 Å². The predicted molar refractivity (Wildman–Crippen MR) is 153 cm³/mol. The van der Waals surface area contributed by atoms with Gasteiger partial charge in [0, 0.05) is 42.8 Å². The van der Waals surface area contributed by atoms with Crippen LogP contribution in [0.2, 0.25) is 0 Å². The zero-order valence-corrected chi connectivity index (χ0v) is 23.5. The molecule has 3 aliphatic rings. The highest BCUT2D eigenvalue weighted by atomic mass is 31.2. The van der Waals surface area contributed by atoms with Gasteiger partial charge in [-0.3, -0.25) is 0 Å². The molecule has 3 aliphatic heterocycles. The first kappa shape index (κ1) is 25.3. The fourth-order valence-corrected chi connectivity index (χ4v) is 8.61. The maximum atomic E-state index is 13.8. The third-order valence-corrected chi connectivity index (χ3v) is 11.4. The second-order valence-corrected chi connectivity index (χ2v) is 13.4. The highest BCUT2D eigenvalue weighted by molar-refractivity contribution is 7.68. The van der Waals surface area contributed by atoms with Gasteiger partial charge in [-0.1, -0.05) is 31.5 Å². The van der Waals surface area contributed by atoms with Crippen molar-refractivity contribution in [2.24, 2.45) is 9.74 Å². The Balaban J connectivity index is 1.65. The molecular weight excluding hydrogens is 498 g/mol. The van der Waals surface area contributed by atoms with E-state index < -0.39 is 7.43 Å². The zero-order chi connectivity index (χ0) is 26.7. The number of morpholine rings is 1. The van der Waals surface area contributed by atoms with Gasteiger partial charge >= 0.3 is 0 Å². The lowest BCUT2D eigenvalue weighted by Gasteiger charge is -2.41. The molecule has 3 aromatic rings. The van der Waals surface area contributed by atoms with Gasteiger partial charge in [-0.25, -0.2) is 18.8 Å². The summed E-state index contributed by atoms with van der Waals surface area (Å²) in [4.78, 5) is 7.37. The van der Waals surface area contributed by atoms with Crippen molar-refractivity contribution in [3.05, 3.63) is 83.2 Å². The molecule has 0 spiro atoms. The molecule has 1 saturated heterocycles. The number of likely N-dealkylation sites (N-methyl/N-ethyl adjacent to an activating group) is 1. The second kappa shape index (κ2) is 9.33. The molecule has 3 aromatic carbocycles. The summed E-state index contributed by atoms with van der Waals surface area (Å²) in [6.07, 6.45) is 0. The topological polar surface area (TPSA) is 49.7 Å². The summed E-state index contributed by atoms with van der Waals surface area (Å²) in [6, 6.07) is 19.4. The fourth-order valence-electron chi connectivity index (χ4n) is 5.56. The van der Waals surface area contributed by atoms with Crippen molar-refractivity contribution in [2.75, 3.05) is 38.3 Å². The maximum absolute atomic E-state index is 13.8. The van der Waals surface area contributed by atoms with Gasteiger partial charge in [-0.15, -0.1) is 0 Å². The third-order valence-electron chi connectivity index (χ3n) is 8.29. The van der Waals surface area contributed by atoms with E-state index in [0.29, 0.717) is 38.2 Å². The molecule has 0 radical (unpaired) electrons. The third kappa shape index (κ3) is 4.08. The largest absolute Gasteiger partial charge is 0.424 e. The summed E-state index contributed by atoms with van der Waals surface area (Å²) >= 11 is 0. The molecule has 0 saturated carbocycles. The SMILES string of the molecule is Cc1ccc(N=[P@]2(N3CCOCC3)OC(c3ccc(F)cc3)=Nc3cc4c(cc32)C(C)(C)[C@@H](C)N4C)cc1. The van der Waals surface area contributed by atoms with Crippen molar-refractivity contribution in [3.8, 4) is 0 Å². The lowest BCUT2D eigenvalue weighted by molar-refractivity contribution is 0.0716. The van der Waals surface area contributed by atoms with Crippen LogP contribution in [0.15, 0.2) is 70.4 Å². The Hall–Kier alpha value is -2.99. The quantitative estimate of drug-likeness (QED) is 0.353. The fraction of sp³-hybridized carbons (Fsp3) is 0.367. The van der Waals surface area contributed by atoms with Crippen LogP contribution in [0, 0.1) is 12.7 Å². The number of aryl methyl sites for hydroxylation is 1. The van der Waals surface area contributed by atoms with Gasteiger partial charge in [-0.2, -0.15) is 0 Å². The predicted octanol–water partition coefficient (Wildman–Crippen LogP) is 6.68. The van der Waals surface area contributed by atoms with Gasteiger partial charge in [0.25, 0.3) is 0 Å². The summed E-state index contributed by atoms with van der Waals surface area (Å²) in [5.74, 6) is 0.181. The monoisotopic (exact) mass is 532 g/mol. The lowest BCUT2D eigenvalue weighted by Crippen LogP contribution is -2.39. The van der Waals surface area contributed by atoms with E-state index >= 15 is 0 Å². The van der Waals surface area contributed by atoms with Crippen LogP contribution in [0.1, 0.15) is 37.5 Å². The van der Waals surface area contributed by atoms with Gasteiger partial charge < -0.3 is 14.2 Å². The van der Waals surface area contributed by atoms with E-state index in [9.17, 15) is 4.39 Å². The van der Waals surface area contributed by atoms with E-state index in [1.807, 2.05) is 0 Å². The first-order valence-electron chi connectivity index (χ1n) is 13.2. The molecule has 3 heterocycles. The van der Waals surface area contributed by atoms with Gasteiger partial charge in [0.05, 0.1) is 29.9 Å². The molecule has 6 rings (SSSR count). The van der Waals surface area contributed by atoms with Crippen LogP contribution >= 0.6 is 7.43 Å². The number of hydrogen-bond donors (Lipinski definition) is 0. The molecule has 0 aliphatic carbocycles. The van der Waals surface area contributed by atoms with Crippen molar-refractivity contribution in [1.82, 2.24) is 4.67 Å². The molecule has 1 fully saturated rings. The Bertz CT molecular complexity index is 1460. The molecule has 0 bridgehead atoms. The normalized spacial score (nSPS) is 24.3. The molecule has 6 nitrogen and oxygen atoms in total. The molecule has 198 valence electrons. The number of rotatable bonds is 3. The van der Waals surface area contributed by atoms with E-state index in [0.717, 1.165) is 22.2 Å². The van der Waals surface area contributed by atoms with Crippen LogP contribution in [-0.4, -0.2) is 50.0 Å². The first-order chi connectivity index (χ1) is 18.2. The second-order valence-electron chi connectivity index (χ2n) is 10.9. The average molecular weight is 533 g/mol. The highest BCUT2D eigenvalue weighted by Crippen LogP contribution is 2.61. The Morgan fingerprint density at radius 1 is 1.03 bits per heavy atom. The maximum Gasteiger partial charge on any atom is 0.242 e. The van der Waals surface area contributed by atoms with E-state index in [2.05, 4.69) is 80.7 Å². The number of fused-ring (bicyclic) bond motifs is 2. The van der Waals surface area contributed by atoms with E-state index in [1.165, 1.54) is 28.9 Å². The number of halogens is 1. The van der Waals surface area contributed by atoms with Gasteiger partial charge in [0.15, 0.2) is 0 Å². The van der Waals surface area contributed by atoms with E-state index in [-0.39, 0.29) is 11.2 Å². The average Bonchev–Trinajstić information content (AvgIpc) is 3.09. The van der Waals surface area contributed by atoms with Crippen molar-refractivity contribution >= 4 is 35.7 Å². The lowest BCUT2D eigenvalue weighted by atomic mass is 9.81. The minimum atomic E-state index is -2.82. The van der Waals surface area contributed by atoms with Crippen LogP contribution in [0.5, 0.6) is 0 Å². The Morgan fingerprint density at radius 2 is 1.71 bits per heavy atom. The number of aliphatic imine (C=N–C) groups is 1. The zero-order valence-electron chi connectivity index (χ0n) is 22.6. The minimum Gasteiger partial charge on any atom is -0.424 e. The molecular formula is C30H34FN4O2P. The minimum absolute atomic E-state index is 0.0510. The molecule has 8 heteroatoms. The molecule has 38 heavy (non-hydrogen) atoms. The van der Waals surface area contributed by atoms with Crippen LogP contribution in [0.3, 0.4) is 0 Å². The standard InChI is InChI=1S/C30H34FN4O2P/c1-20-6-12-24(13-7-20)33-38(35-14-16-36-17-15-35)28-18-25-27(34(5)21(2)30(25,3)4)19-26(28)32-29(37-38)22-8-10-23(31)11-9-22/h6-13,18-19,21H,14-17H2,1-5H3/t21-,38-/m1/s1. The number of hydrogen-bond acceptors (Lipinski definition) is 5. The summed E-state index contributed by atoms with van der Waals surface area (Å²) in [5.41, 5.74) is 6.06. The van der Waals surface area contributed by atoms with Gasteiger partial charge in [0.1, 0.15) is 5.82 Å². The van der Waals surface area contributed by atoms with Crippen molar-refractivity contribution in [3.63, 3.8) is 0 Å². The molecule has 2 atom stereocenters. The van der Waals surface area contributed by atoms with E-state index in [4.69, 9.17) is 19.0 Å². The first-order valence-corrected chi connectivity index (χ1v) is 14.8. The Kier molecular flexibility index (Phi) is 6.21. The number of benzene rings is 3. The van der Waals surface area contributed by atoms with Crippen LogP contribution in [-0.2, 0) is 14.7 Å². The molecule has 0 aromatic heterocycles. The summed E-state index contributed by atoms with van der Waals surface area (Å²) in [7, 11) is -0.670. The Morgan fingerprint density at radius 3 is 2.39 bits per heavy atom. The van der Waals surface area contributed by atoms with Crippen LogP contribution in [0.25, 0.3) is 0 Å². The van der Waals surface area contributed by atoms with Crippen molar-refractivity contribution in [1.29, 1.82) is 0 Å². The highest BCUT2D eigenvalue weighted by Gasteiger charge is 2.46. The van der Waals surface area contributed by atoms with Gasteiger partial charge in [0.2, 0.25) is 13.3 Å². The smallest absolute Gasteiger partial charge is 0.242 e. The number of ether oxygens (including phenoxy) is 1. The number of anilines is 1. The summed E-state index contributed by atoms with van der Waals surface area (Å²) in [5, 5.41) is 1.03. The van der Waals surface area contributed by atoms with Crippen molar-refractivity contribution in [2.45, 2.75) is 39.2 Å². The van der Waals surface area contributed by atoms with Crippen LogP contribution in [0.4, 0.5) is 21.5 Å². The summed E-state index contributed by atoms with van der Waals surface area (Å²) in [6.45, 7) is 11.6. The molecule has 0 N–H and O–H groups in total. The summed E-state index contributed by atoms with van der Waals surface area (Å²) < 4.78 is 34.4. The van der Waals surface area contributed by atoms with E-state index in [1.54, 1.807) is 12.1 Å². The van der Waals surface area contributed by atoms with Crippen molar-refractivity contribution < 1.29 is 13.7 Å². The Labute approximate surface area is 224 Å². The molecule has 0 amide bonds. The molecule has 0 unspecified atom stereocenters. The number of nitrogens with zero attached hydrogens (tertiary/aromatic N) is 4.